The van der Waals surface area contributed by atoms with Crippen LogP contribution >= 0.6 is 0 Å². The molecule has 0 spiro atoms. The van der Waals surface area contributed by atoms with Gasteiger partial charge in [-0.2, -0.15) is 0 Å². The van der Waals surface area contributed by atoms with Crippen LogP contribution in [-0.4, -0.2) is 6.61 Å². The second-order valence-corrected chi connectivity index (χ2v) is 6.24. The predicted octanol–water partition coefficient (Wildman–Crippen LogP) is 5.10. The minimum atomic E-state index is -0.197. The first kappa shape index (κ1) is 17.5. The summed E-state index contributed by atoms with van der Waals surface area (Å²) in [4.78, 5) is 0. The quantitative estimate of drug-likeness (QED) is 0.731. The zero-order valence-electron chi connectivity index (χ0n) is 14.2. The molecule has 0 saturated heterocycles. The first-order valence-corrected chi connectivity index (χ1v) is 8.29. The van der Waals surface area contributed by atoms with Crippen LogP contribution in [0.4, 0.5) is 4.39 Å². The van der Waals surface area contributed by atoms with Gasteiger partial charge in [-0.05, 0) is 47.7 Å². The van der Waals surface area contributed by atoms with Crippen molar-refractivity contribution in [3.8, 4) is 5.75 Å². The molecule has 2 aromatic carbocycles. The fourth-order valence-electron chi connectivity index (χ4n) is 2.40. The Labute approximate surface area is 138 Å². The summed E-state index contributed by atoms with van der Waals surface area (Å²) in [6, 6.07) is 15.2. The van der Waals surface area contributed by atoms with E-state index in [1.807, 2.05) is 24.3 Å². The highest BCUT2D eigenvalue weighted by Gasteiger charge is 2.09. The standard InChI is InChI=1S/C20H26FNO/c1-4-20(22-13-16-5-9-18(21)10-6-16)17-7-11-19(12-8-17)23-14-15(2)3/h5-12,15,20,22H,4,13-14H2,1-3H3. The Hall–Kier alpha value is -1.87. The van der Waals surface area contributed by atoms with Crippen LogP contribution in [0, 0.1) is 11.7 Å². The average Bonchev–Trinajstić information content (AvgIpc) is 2.56. The number of benzene rings is 2. The summed E-state index contributed by atoms with van der Waals surface area (Å²) >= 11 is 0. The second kappa shape index (κ2) is 8.68. The Morgan fingerprint density at radius 3 is 2.22 bits per heavy atom. The molecule has 0 bridgehead atoms. The van der Waals surface area contributed by atoms with Gasteiger partial charge in [0.2, 0.25) is 0 Å². The zero-order chi connectivity index (χ0) is 16.7. The number of ether oxygens (including phenoxy) is 1. The highest BCUT2D eigenvalue weighted by Crippen LogP contribution is 2.21. The number of halogens is 1. The van der Waals surface area contributed by atoms with Crippen LogP contribution < -0.4 is 10.1 Å². The highest BCUT2D eigenvalue weighted by atomic mass is 19.1. The summed E-state index contributed by atoms with van der Waals surface area (Å²) in [6.07, 6.45) is 0.993. The van der Waals surface area contributed by atoms with Crippen LogP contribution in [0.3, 0.4) is 0 Å². The number of nitrogens with one attached hydrogen (secondary N) is 1. The molecule has 3 heteroatoms. The molecule has 0 amide bonds. The van der Waals surface area contributed by atoms with Gasteiger partial charge in [0, 0.05) is 12.6 Å². The molecule has 0 aliphatic rings. The van der Waals surface area contributed by atoms with Crippen LogP contribution in [0.25, 0.3) is 0 Å². The monoisotopic (exact) mass is 315 g/mol. The van der Waals surface area contributed by atoms with Crippen molar-refractivity contribution in [2.75, 3.05) is 6.61 Å². The van der Waals surface area contributed by atoms with E-state index in [1.54, 1.807) is 0 Å². The van der Waals surface area contributed by atoms with Gasteiger partial charge in [-0.3, -0.25) is 0 Å². The minimum Gasteiger partial charge on any atom is -0.493 e. The Morgan fingerprint density at radius 2 is 1.65 bits per heavy atom. The molecule has 1 unspecified atom stereocenters. The molecule has 0 fully saturated rings. The van der Waals surface area contributed by atoms with Gasteiger partial charge in [-0.25, -0.2) is 4.39 Å². The smallest absolute Gasteiger partial charge is 0.123 e. The summed E-state index contributed by atoms with van der Waals surface area (Å²) < 4.78 is 18.7. The minimum absolute atomic E-state index is 0.197. The van der Waals surface area contributed by atoms with Crippen LogP contribution in [0.15, 0.2) is 48.5 Å². The highest BCUT2D eigenvalue weighted by molar-refractivity contribution is 5.29. The van der Waals surface area contributed by atoms with Crippen LogP contribution in [0.1, 0.15) is 44.4 Å². The molecular formula is C20H26FNO. The van der Waals surface area contributed by atoms with E-state index in [4.69, 9.17) is 4.74 Å². The van der Waals surface area contributed by atoms with Gasteiger partial charge in [0.15, 0.2) is 0 Å². The van der Waals surface area contributed by atoms with Gasteiger partial charge in [0.1, 0.15) is 11.6 Å². The van der Waals surface area contributed by atoms with Crippen molar-refractivity contribution in [2.24, 2.45) is 5.92 Å². The molecule has 1 N–H and O–H groups in total. The molecule has 0 radical (unpaired) electrons. The largest absolute Gasteiger partial charge is 0.493 e. The van der Waals surface area contributed by atoms with Crippen molar-refractivity contribution in [2.45, 2.75) is 39.8 Å². The Morgan fingerprint density at radius 1 is 1.00 bits per heavy atom. The average molecular weight is 315 g/mol. The summed E-state index contributed by atoms with van der Waals surface area (Å²) in [7, 11) is 0. The van der Waals surface area contributed by atoms with E-state index >= 15 is 0 Å². The van der Waals surface area contributed by atoms with E-state index < -0.39 is 0 Å². The number of rotatable bonds is 8. The van der Waals surface area contributed by atoms with E-state index in [0.717, 1.165) is 30.9 Å². The van der Waals surface area contributed by atoms with E-state index in [9.17, 15) is 4.39 Å². The fourth-order valence-corrected chi connectivity index (χ4v) is 2.40. The van der Waals surface area contributed by atoms with Crippen molar-refractivity contribution in [3.05, 3.63) is 65.5 Å². The van der Waals surface area contributed by atoms with Gasteiger partial charge in [0.25, 0.3) is 0 Å². The molecule has 0 aliphatic carbocycles. The van der Waals surface area contributed by atoms with Crippen LogP contribution in [-0.2, 0) is 6.54 Å². The maximum absolute atomic E-state index is 12.9. The molecule has 23 heavy (non-hydrogen) atoms. The maximum Gasteiger partial charge on any atom is 0.123 e. The zero-order valence-corrected chi connectivity index (χ0v) is 14.2. The number of hydrogen-bond donors (Lipinski definition) is 1. The predicted molar refractivity (Wildman–Crippen MR) is 93.0 cm³/mol. The maximum atomic E-state index is 12.9. The van der Waals surface area contributed by atoms with Crippen LogP contribution in [0.2, 0.25) is 0 Å². The van der Waals surface area contributed by atoms with E-state index in [1.165, 1.54) is 17.7 Å². The molecule has 1 atom stereocenters. The molecule has 124 valence electrons. The van der Waals surface area contributed by atoms with Gasteiger partial charge >= 0.3 is 0 Å². The molecule has 2 aromatic rings. The normalized spacial score (nSPS) is 12.4. The summed E-state index contributed by atoms with van der Waals surface area (Å²) in [5, 5.41) is 3.53. The topological polar surface area (TPSA) is 21.3 Å². The number of hydrogen-bond acceptors (Lipinski definition) is 2. The molecular weight excluding hydrogens is 289 g/mol. The lowest BCUT2D eigenvalue weighted by Crippen LogP contribution is -2.20. The van der Waals surface area contributed by atoms with Gasteiger partial charge in [-0.1, -0.05) is 45.0 Å². The van der Waals surface area contributed by atoms with Crippen molar-refractivity contribution < 1.29 is 9.13 Å². The summed E-state index contributed by atoms with van der Waals surface area (Å²) in [6.45, 7) is 7.90. The van der Waals surface area contributed by atoms with Gasteiger partial charge in [-0.15, -0.1) is 0 Å². The fraction of sp³-hybridized carbons (Fsp3) is 0.400. The Balaban J connectivity index is 1.93. The van der Waals surface area contributed by atoms with E-state index in [2.05, 4.69) is 38.2 Å². The van der Waals surface area contributed by atoms with Crippen molar-refractivity contribution in [1.29, 1.82) is 0 Å². The summed E-state index contributed by atoms with van der Waals surface area (Å²) in [5.74, 6) is 1.24. The molecule has 0 aromatic heterocycles. The first-order chi connectivity index (χ1) is 11.1. The second-order valence-electron chi connectivity index (χ2n) is 6.24. The lowest BCUT2D eigenvalue weighted by molar-refractivity contribution is 0.271. The molecule has 0 saturated carbocycles. The third-order valence-corrected chi connectivity index (χ3v) is 3.74. The van der Waals surface area contributed by atoms with Crippen molar-refractivity contribution >= 4 is 0 Å². The summed E-state index contributed by atoms with van der Waals surface area (Å²) in [5.41, 5.74) is 2.33. The lowest BCUT2D eigenvalue weighted by Gasteiger charge is -2.18. The Bertz CT molecular complexity index is 578. The SMILES string of the molecule is CCC(NCc1ccc(F)cc1)c1ccc(OCC(C)C)cc1. The van der Waals surface area contributed by atoms with Crippen molar-refractivity contribution in [1.82, 2.24) is 5.32 Å². The molecule has 0 aliphatic heterocycles. The van der Waals surface area contributed by atoms with Gasteiger partial charge in [0.05, 0.1) is 6.61 Å². The van der Waals surface area contributed by atoms with E-state index in [-0.39, 0.29) is 11.9 Å². The first-order valence-electron chi connectivity index (χ1n) is 8.29. The van der Waals surface area contributed by atoms with E-state index in [0.29, 0.717) is 5.92 Å². The molecule has 2 rings (SSSR count). The molecule has 0 heterocycles. The third kappa shape index (κ3) is 5.68. The van der Waals surface area contributed by atoms with Crippen LogP contribution in [0.5, 0.6) is 5.75 Å². The third-order valence-electron chi connectivity index (χ3n) is 3.74. The lowest BCUT2D eigenvalue weighted by atomic mass is 10.0. The van der Waals surface area contributed by atoms with Crippen molar-refractivity contribution in [3.63, 3.8) is 0 Å². The van der Waals surface area contributed by atoms with Gasteiger partial charge < -0.3 is 10.1 Å². The Kier molecular flexibility index (Phi) is 6.60. The molecule has 2 nitrogen and oxygen atoms in total.